The van der Waals surface area contributed by atoms with Crippen LogP contribution in [-0.2, 0) is 12.8 Å². The Morgan fingerprint density at radius 2 is 2.28 bits per heavy atom. The Hall–Kier alpha value is -0.870. The quantitative estimate of drug-likeness (QED) is 0.844. The van der Waals surface area contributed by atoms with Gasteiger partial charge in [0.05, 0.1) is 23.6 Å². The third kappa shape index (κ3) is 2.08. The molecule has 1 amide bonds. The summed E-state index contributed by atoms with van der Waals surface area (Å²) < 4.78 is 0. The Kier molecular flexibility index (Phi) is 2.75. The Balaban J connectivity index is 1.76. The van der Waals surface area contributed by atoms with E-state index in [0.29, 0.717) is 13.1 Å². The summed E-state index contributed by atoms with van der Waals surface area (Å²) in [5.74, 6) is 0.827. The zero-order chi connectivity index (χ0) is 12.9. The fraction of sp³-hybridized carbons (Fsp3) is 0.643. The maximum Gasteiger partial charge on any atom is 0.264 e. The Morgan fingerprint density at radius 3 is 2.94 bits per heavy atom. The average Bonchev–Trinajstić information content (AvgIpc) is 2.67. The highest BCUT2D eigenvalue weighted by molar-refractivity contribution is 7.14. The summed E-state index contributed by atoms with van der Waals surface area (Å²) in [4.78, 5) is 16.2. The summed E-state index contributed by atoms with van der Waals surface area (Å²) in [5.41, 5.74) is 0.690. The number of thiophene rings is 1. The number of carbonyl (C=O) groups is 1. The van der Waals surface area contributed by atoms with Gasteiger partial charge in [-0.2, -0.15) is 0 Å². The number of β-amino-alcohol motifs (C(OH)–C–C–N with tert-alkyl or cyclic N) is 1. The van der Waals surface area contributed by atoms with Crippen molar-refractivity contribution in [2.24, 2.45) is 5.92 Å². The monoisotopic (exact) mass is 265 g/mol. The number of hydrogen-bond donors (Lipinski definition) is 1. The maximum absolute atomic E-state index is 12.2. The van der Waals surface area contributed by atoms with Crippen molar-refractivity contribution in [3.63, 3.8) is 0 Å². The molecule has 1 N–H and O–H groups in total. The molecular weight excluding hydrogens is 246 g/mol. The number of aliphatic hydroxyl groups is 1. The second-order valence-electron chi connectivity index (χ2n) is 6.07. The minimum absolute atomic E-state index is 0.0913. The number of amides is 1. The number of rotatable bonds is 1. The lowest BCUT2D eigenvalue weighted by atomic mass is 9.90. The number of carbonyl (C=O) groups excluding carboxylic acids is 1. The van der Waals surface area contributed by atoms with Crippen LogP contribution in [0, 0.1) is 5.92 Å². The fourth-order valence-corrected chi connectivity index (χ4v) is 4.06. The van der Waals surface area contributed by atoms with Gasteiger partial charge >= 0.3 is 0 Å². The van der Waals surface area contributed by atoms with Gasteiger partial charge in [0, 0.05) is 4.88 Å². The molecule has 4 heteroatoms. The molecule has 18 heavy (non-hydrogen) atoms. The molecule has 1 fully saturated rings. The SMILES string of the molecule is CC1CCc2sc(C(=O)N3CC(C)(O)C3)cc2C1. The topological polar surface area (TPSA) is 40.5 Å². The van der Waals surface area contributed by atoms with Gasteiger partial charge in [-0.1, -0.05) is 6.92 Å². The summed E-state index contributed by atoms with van der Waals surface area (Å²) in [6, 6.07) is 2.07. The van der Waals surface area contributed by atoms with E-state index < -0.39 is 5.60 Å². The molecule has 0 aromatic carbocycles. The van der Waals surface area contributed by atoms with E-state index in [0.717, 1.165) is 23.6 Å². The van der Waals surface area contributed by atoms with Crippen LogP contribution in [0.1, 0.15) is 40.4 Å². The van der Waals surface area contributed by atoms with Gasteiger partial charge in [-0.25, -0.2) is 0 Å². The van der Waals surface area contributed by atoms with E-state index in [-0.39, 0.29) is 5.91 Å². The molecule has 1 aromatic heterocycles. The lowest BCUT2D eigenvalue weighted by molar-refractivity contribution is -0.0667. The van der Waals surface area contributed by atoms with Crippen LogP contribution in [0.5, 0.6) is 0 Å². The molecule has 3 nitrogen and oxygen atoms in total. The van der Waals surface area contributed by atoms with Gasteiger partial charge in [0.1, 0.15) is 0 Å². The maximum atomic E-state index is 12.2. The third-order valence-electron chi connectivity index (χ3n) is 3.89. The normalized spacial score (nSPS) is 25.5. The van der Waals surface area contributed by atoms with Crippen LogP contribution in [0.2, 0.25) is 0 Å². The molecule has 1 atom stereocenters. The minimum Gasteiger partial charge on any atom is -0.386 e. The van der Waals surface area contributed by atoms with E-state index in [9.17, 15) is 9.90 Å². The fourth-order valence-electron chi connectivity index (χ4n) is 2.89. The van der Waals surface area contributed by atoms with E-state index in [4.69, 9.17) is 0 Å². The second-order valence-corrected chi connectivity index (χ2v) is 7.20. The van der Waals surface area contributed by atoms with E-state index in [1.165, 1.54) is 16.9 Å². The van der Waals surface area contributed by atoms with Crippen molar-refractivity contribution < 1.29 is 9.90 Å². The molecule has 0 spiro atoms. The number of nitrogens with zero attached hydrogens (tertiary/aromatic N) is 1. The number of hydrogen-bond acceptors (Lipinski definition) is 3. The van der Waals surface area contributed by atoms with Crippen molar-refractivity contribution in [3.8, 4) is 0 Å². The van der Waals surface area contributed by atoms with Crippen LogP contribution in [0.3, 0.4) is 0 Å². The van der Waals surface area contributed by atoms with Gasteiger partial charge in [0.25, 0.3) is 5.91 Å². The van der Waals surface area contributed by atoms with Gasteiger partial charge in [-0.3, -0.25) is 4.79 Å². The third-order valence-corrected chi connectivity index (χ3v) is 5.12. The summed E-state index contributed by atoms with van der Waals surface area (Å²) in [5, 5.41) is 9.69. The molecule has 0 saturated carbocycles. The highest BCUT2D eigenvalue weighted by Crippen LogP contribution is 2.33. The van der Waals surface area contributed by atoms with Crippen molar-refractivity contribution in [2.45, 2.75) is 38.7 Å². The molecule has 1 aliphatic heterocycles. The van der Waals surface area contributed by atoms with Crippen LogP contribution < -0.4 is 0 Å². The van der Waals surface area contributed by atoms with E-state index in [1.54, 1.807) is 23.2 Å². The molecule has 1 saturated heterocycles. The molecule has 1 aromatic rings. The number of aryl methyl sites for hydroxylation is 1. The van der Waals surface area contributed by atoms with Gasteiger partial charge in [-0.15, -0.1) is 11.3 Å². The van der Waals surface area contributed by atoms with Crippen molar-refractivity contribution in [3.05, 3.63) is 21.4 Å². The highest BCUT2D eigenvalue weighted by atomic mass is 32.1. The molecule has 98 valence electrons. The first-order chi connectivity index (χ1) is 8.44. The van der Waals surface area contributed by atoms with Crippen molar-refractivity contribution in [2.75, 3.05) is 13.1 Å². The summed E-state index contributed by atoms with van der Waals surface area (Å²) in [6.45, 7) is 4.97. The average molecular weight is 265 g/mol. The van der Waals surface area contributed by atoms with E-state index >= 15 is 0 Å². The first-order valence-electron chi connectivity index (χ1n) is 6.58. The first kappa shape index (κ1) is 12.2. The molecule has 0 bridgehead atoms. The van der Waals surface area contributed by atoms with E-state index in [1.807, 2.05) is 0 Å². The second kappa shape index (κ2) is 4.07. The van der Waals surface area contributed by atoms with Crippen LogP contribution in [0.25, 0.3) is 0 Å². The van der Waals surface area contributed by atoms with Crippen LogP contribution in [0.4, 0.5) is 0 Å². The van der Waals surface area contributed by atoms with Crippen molar-refractivity contribution >= 4 is 17.2 Å². The molecule has 0 radical (unpaired) electrons. The van der Waals surface area contributed by atoms with Crippen LogP contribution in [0.15, 0.2) is 6.07 Å². The Bertz CT molecular complexity index is 484. The zero-order valence-electron chi connectivity index (χ0n) is 10.9. The van der Waals surface area contributed by atoms with Crippen molar-refractivity contribution in [1.29, 1.82) is 0 Å². The summed E-state index contributed by atoms with van der Waals surface area (Å²) in [7, 11) is 0. The van der Waals surface area contributed by atoms with Crippen LogP contribution >= 0.6 is 11.3 Å². The lowest BCUT2D eigenvalue weighted by Crippen LogP contribution is -2.61. The molecular formula is C14H19NO2S. The Morgan fingerprint density at radius 1 is 1.56 bits per heavy atom. The highest BCUT2D eigenvalue weighted by Gasteiger charge is 2.40. The Labute approximate surface area is 111 Å². The lowest BCUT2D eigenvalue weighted by Gasteiger charge is -2.43. The molecule has 2 aliphatic rings. The standard InChI is InChI=1S/C14H19NO2S/c1-9-3-4-11-10(5-9)6-12(18-11)13(16)15-7-14(2,17)8-15/h6,9,17H,3-5,7-8H2,1-2H3. The predicted octanol–water partition coefficient (Wildman–Crippen LogP) is 2.08. The zero-order valence-corrected chi connectivity index (χ0v) is 11.7. The minimum atomic E-state index is -0.680. The smallest absolute Gasteiger partial charge is 0.264 e. The predicted molar refractivity (Wildman–Crippen MR) is 72.0 cm³/mol. The number of fused-ring (bicyclic) bond motifs is 1. The van der Waals surface area contributed by atoms with Crippen LogP contribution in [-0.4, -0.2) is 34.6 Å². The van der Waals surface area contributed by atoms with E-state index in [2.05, 4.69) is 13.0 Å². The molecule has 2 heterocycles. The van der Waals surface area contributed by atoms with Crippen molar-refractivity contribution in [1.82, 2.24) is 4.90 Å². The van der Waals surface area contributed by atoms with Gasteiger partial charge < -0.3 is 10.0 Å². The largest absolute Gasteiger partial charge is 0.386 e. The summed E-state index contributed by atoms with van der Waals surface area (Å²) in [6.07, 6.45) is 3.46. The molecule has 1 aliphatic carbocycles. The van der Waals surface area contributed by atoms with Gasteiger partial charge in [0.2, 0.25) is 0 Å². The first-order valence-corrected chi connectivity index (χ1v) is 7.39. The number of likely N-dealkylation sites (tertiary alicyclic amines) is 1. The summed E-state index contributed by atoms with van der Waals surface area (Å²) >= 11 is 1.65. The van der Waals surface area contributed by atoms with Gasteiger partial charge in [0.15, 0.2) is 0 Å². The molecule has 3 rings (SSSR count). The molecule has 1 unspecified atom stereocenters. The van der Waals surface area contributed by atoms with Gasteiger partial charge in [-0.05, 0) is 43.7 Å².